The quantitative estimate of drug-likeness (QED) is 0.761. The highest BCUT2D eigenvalue weighted by molar-refractivity contribution is 7.21. The van der Waals surface area contributed by atoms with Crippen LogP contribution in [-0.2, 0) is 0 Å². The van der Waals surface area contributed by atoms with E-state index >= 15 is 0 Å². The Morgan fingerprint density at radius 3 is 3.15 bits per heavy atom. The summed E-state index contributed by atoms with van der Waals surface area (Å²) >= 11 is 3.35. The number of benzene rings is 1. The molecule has 2 heterocycles. The van der Waals surface area contributed by atoms with E-state index in [4.69, 9.17) is 4.74 Å². The summed E-state index contributed by atoms with van der Waals surface area (Å²) in [5.74, 6) is 0.826. The topological polar surface area (TPSA) is 54.4 Å². The standard InChI is InChI=1S/C14H16N2O2S2/c1-8-16-13-12(20-8)5-11(10-3-4-19-14(10)13)18-7-9(17)6-15-2/h3-5,9,15,17H,6-7H2,1-2H3. The average Bonchev–Trinajstić information content (AvgIpc) is 3.01. The van der Waals surface area contributed by atoms with E-state index in [1.807, 2.05) is 26.1 Å². The van der Waals surface area contributed by atoms with Gasteiger partial charge in [-0.05, 0) is 25.4 Å². The van der Waals surface area contributed by atoms with Crippen LogP contribution in [0.25, 0.3) is 20.3 Å². The second kappa shape index (κ2) is 5.65. The van der Waals surface area contributed by atoms with Gasteiger partial charge >= 0.3 is 0 Å². The third-order valence-corrected chi connectivity index (χ3v) is 4.88. The van der Waals surface area contributed by atoms with Crippen molar-refractivity contribution in [3.63, 3.8) is 0 Å². The van der Waals surface area contributed by atoms with Crippen molar-refractivity contribution in [3.8, 4) is 5.75 Å². The molecule has 106 valence electrons. The van der Waals surface area contributed by atoms with E-state index in [1.165, 1.54) is 0 Å². The van der Waals surface area contributed by atoms with Gasteiger partial charge in [-0.2, -0.15) is 0 Å². The van der Waals surface area contributed by atoms with Crippen LogP contribution in [0.5, 0.6) is 5.75 Å². The molecule has 0 saturated heterocycles. The zero-order chi connectivity index (χ0) is 14.1. The van der Waals surface area contributed by atoms with Crippen molar-refractivity contribution in [1.29, 1.82) is 0 Å². The summed E-state index contributed by atoms with van der Waals surface area (Å²) in [6.45, 7) is 2.82. The Bertz CT molecular complexity index is 735. The second-order valence-corrected chi connectivity index (χ2v) is 6.79. The Hall–Kier alpha value is -1.21. The minimum absolute atomic E-state index is 0.287. The number of aryl methyl sites for hydroxylation is 1. The van der Waals surface area contributed by atoms with Gasteiger partial charge in [-0.1, -0.05) is 0 Å². The fourth-order valence-electron chi connectivity index (χ4n) is 2.19. The lowest BCUT2D eigenvalue weighted by Crippen LogP contribution is -2.29. The van der Waals surface area contributed by atoms with Gasteiger partial charge in [0, 0.05) is 18.0 Å². The normalized spacial score (nSPS) is 13.2. The smallest absolute Gasteiger partial charge is 0.129 e. The number of aliphatic hydroxyl groups is 1. The first-order valence-corrected chi connectivity index (χ1v) is 8.11. The molecule has 0 saturated carbocycles. The summed E-state index contributed by atoms with van der Waals surface area (Å²) in [6, 6.07) is 4.08. The van der Waals surface area contributed by atoms with Crippen LogP contribution >= 0.6 is 22.7 Å². The maximum absolute atomic E-state index is 9.76. The molecule has 0 aliphatic carbocycles. The van der Waals surface area contributed by atoms with Crippen molar-refractivity contribution in [1.82, 2.24) is 10.3 Å². The molecule has 20 heavy (non-hydrogen) atoms. The van der Waals surface area contributed by atoms with Crippen molar-refractivity contribution in [2.24, 2.45) is 0 Å². The first kappa shape index (κ1) is 13.8. The maximum Gasteiger partial charge on any atom is 0.129 e. The largest absolute Gasteiger partial charge is 0.490 e. The van der Waals surface area contributed by atoms with Gasteiger partial charge in [0.2, 0.25) is 0 Å². The molecule has 0 bridgehead atoms. The summed E-state index contributed by atoms with van der Waals surface area (Å²) in [4.78, 5) is 4.59. The third-order valence-electron chi connectivity index (χ3n) is 3.04. The van der Waals surface area contributed by atoms with Crippen LogP contribution in [0.3, 0.4) is 0 Å². The molecule has 0 spiro atoms. The molecule has 3 rings (SSSR count). The zero-order valence-electron chi connectivity index (χ0n) is 11.3. The van der Waals surface area contributed by atoms with Gasteiger partial charge in [0.25, 0.3) is 0 Å². The summed E-state index contributed by atoms with van der Waals surface area (Å²) in [7, 11) is 1.81. The number of aromatic nitrogens is 1. The van der Waals surface area contributed by atoms with E-state index in [0.29, 0.717) is 6.54 Å². The molecule has 4 nitrogen and oxygen atoms in total. The SMILES string of the molecule is CNCC(O)COc1cc2sc(C)nc2c2sccc12. The number of nitrogens with one attached hydrogen (secondary N) is 1. The number of ether oxygens (including phenoxy) is 1. The van der Waals surface area contributed by atoms with E-state index in [1.54, 1.807) is 22.7 Å². The molecule has 0 amide bonds. The molecule has 0 fully saturated rings. The number of thiazole rings is 1. The average molecular weight is 308 g/mol. The predicted octanol–water partition coefficient (Wildman–Crippen LogP) is 2.78. The second-order valence-electron chi connectivity index (χ2n) is 4.64. The van der Waals surface area contributed by atoms with Crippen LogP contribution in [-0.4, -0.2) is 36.4 Å². The Kier molecular flexibility index (Phi) is 3.89. The van der Waals surface area contributed by atoms with E-state index in [9.17, 15) is 5.11 Å². The van der Waals surface area contributed by atoms with Crippen molar-refractivity contribution >= 4 is 43.0 Å². The maximum atomic E-state index is 9.76. The number of hydrogen-bond donors (Lipinski definition) is 2. The minimum Gasteiger partial charge on any atom is -0.490 e. The van der Waals surface area contributed by atoms with Crippen LogP contribution in [0.4, 0.5) is 0 Å². The Labute approximate surface area is 125 Å². The molecule has 1 atom stereocenters. The van der Waals surface area contributed by atoms with Crippen LogP contribution in [0.1, 0.15) is 5.01 Å². The lowest BCUT2D eigenvalue weighted by atomic mass is 10.2. The van der Waals surface area contributed by atoms with E-state index in [-0.39, 0.29) is 6.61 Å². The summed E-state index contributed by atoms with van der Waals surface area (Å²) in [6.07, 6.45) is -0.507. The molecule has 0 aliphatic rings. The molecule has 2 N–H and O–H groups in total. The van der Waals surface area contributed by atoms with Gasteiger partial charge in [0.15, 0.2) is 0 Å². The molecule has 1 unspecified atom stereocenters. The molecule has 6 heteroatoms. The van der Waals surface area contributed by atoms with Crippen molar-refractivity contribution < 1.29 is 9.84 Å². The molecule has 2 aromatic heterocycles. The lowest BCUT2D eigenvalue weighted by Gasteiger charge is -2.12. The first-order chi connectivity index (χ1) is 9.69. The summed E-state index contributed by atoms with van der Waals surface area (Å²) < 4.78 is 8.10. The first-order valence-electron chi connectivity index (χ1n) is 6.42. The van der Waals surface area contributed by atoms with E-state index in [2.05, 4.69) is 15.7 Å². The number of rotatable bonds is 5. The number of aliphatic hydroxyl groups excluding tert-OH is 1. The summed E-state index contributed by atoms with van der Waals surface area (Å²) in [5, 5.41) is 16.9. The zero-order valence-corrected chi connectivity index (χ0v) is 13.0. The Morgan fingerprint density at radius 2 is 2.35 bits per heavy atom. The van der Waals surface area contributed by atoms with Crippen LogP contribution < -0.4 is 10.1 Å². The van der Waals surface area contributed by atoms with Crippen LogP contribution in [0.15, 0.2) is 17.5 Å². The number of hydrogen-bond acceptors (Lipinski definition) is 6. The van der Waals surface area contributed by atoms with Crippen molar-refractivity contribution in [2.45, 2.75) is 13.0 Å². The Balaban J connectivity index is 1.98. The predicted molar refractivity (Wildman–Crippen MR) is 85.2 cm³/mol. The van der Waals surface area contributed by atoms with Crippen LogP contribution in [0, 0.1) is 6.92 Å². The molecule has 3 aromatic rings. The van der Waals surface area contributed by atoms with Gasteiger partial charge in [0.05, 0.1) is 19.9 Å². The monoisotopic (exact) mass is 308 g/mol. The number of fused-ring (bicyclic) bond motifs is 3. The highest BCUT2D eigenvalue weighted by Crippen LogP contribution is 2.38. The molecular formula is C14H16N2O2S2. The van der Waals surface area contributed by atoms with E-state index < -0.39 is 6.10 Å². The number of likely N-dealkylation sites (N-methyl/N-ethyl adjacent to an activating group) is 1. The fraction of sp³-hybridized carbons (Fsp3) is 0.357. The highest BCUT2D eigenvalue weighted by atomic mass is 32.1. The molecule has 1 aromatic carbocycles. The van der Waals surface area contributed by atoms with Gasteiger partial charge in [-0.25, -0.2) is 4.98 Å². The number of thiophene rings is 1. The van der Waals surface area contributed by atoms with E-state index in [0.717, 1.165) is 31.1 Å². The fourth-order valence-corrected chi connectivity index (χ4v) is 4.02. The number of nitrogens with zero attached hydrogens (tertiary/aromatic N) is 1. The van der Waals surface area contributed by atoms with Crippen LogP contribution in [0.2, 0.25) is 0 Å². The van der Waals surface area contributed by atoms with Gasteiger partial charge in [-0.3, -0.25) is 0 Å². The van der Waals surface area contributed by atoms with Crippen molar-refractivity contribution in [2.75, 3.05) is 20.2 Å². The molecule has 0 aliphatic heterocycles. The summed E-state index contributed by atoms with van der Waals surface area (Å²) in [5.41, 5.74) is 1.06. The van der Waals surface area contributed by atoms with Gasteiger partial charge in [-0.15, -0.1) is 22.7 Å². The lowest BCUT2D eigenvalue weighted by molar-refractivity contribution is 0.109. The van der Waals surface area contributed by atoms with Gasteiger partial charge in [0.1, 0.15) is 18.5 Å². The molecule has 0 radical (unpaired) electrons. The van der Waals surface area contributed by atoms with Crippen molar-refractivity contribution in [3.05, 3.63) is 22.5 Å². The Morgan fingerprint density at radius 1 is 1.50 bits per heavy atom. The minimum atomic E-state index is -0.507. The highest BCUT2D eigenvalue weighted by Gasteiger charge is 2.13. The molecular weight excluding hydrogens is 292 g/mol. The third kappa shape index (κ3) is 2.52. The van der Waals surface area contributed by atoms with Gasteiger partial charge < -0.3 is 15.2 Å².